The van der Waals surface area contributed by atoms with Crippen molar-refractivity contribution >= 4 is 5.97 Å². The zero-order valence-electron chi connectivity index (χ0n) is 7.63. The van der Waals surface area contributed by atoms with Crippen molar-refractivity contribution in [3.05, 3.63) is 11.6 Å². The summed E-state index contributed by atoms with van der Waals surface area (Å²) in [6.45, 7) is 5.34. The summed E-state index contributed by atoms with van der Waals surface area (Å²) in [6, 6.07) is 0. The highest BCUT2D eigenvalue weighted by atomic mass is 16.6. The van der Waals surface area contributed by atoms with Gasteiger partial charge in [-0.25, -0.2) is 4.79 Å². The third-order valence-electron chi connectivity index (χ3n) is 1.82. The van der Waals surface area contributed by atoms with E-state index in [1.54, 1.807) is 0 Å². The number of aliphatic hydroxyl groups is 1. The van der Waals surface area contributed by atoms with Crippen molar-refractivity contribution < 1.29 is 14.6 Å². The van der Waals surface area contributed by atoms with Gasteiger partial charge in [0, 0.05) is 6.42 Å². The number of rotatable bonds is 1. The molecule has 0 aromatic rings. The molecular weight excluding hydrogens is 156 g/mol. The predicted octanol–water partition coefficient (Wildman–Crippen LogP) is 1.02. The quantitative estimate of drug-likeness (QED) is 0.472. The number of hydrogen-bond donors (Lipinski definition) is 1. The molecule has 0 bridgehead atoms. The third kappa shape index (κ3) is 1.85. The molecule has 0 radical (unpaired) electrons. The highest BCUT2D eigenvalue weighted by Crippen LogP contribution is 2.26. The molecule has 0 spiro atoms. The number of carbonyl (C=O) groups is 1. The average molecular weight is 170 g/mol. The smallest absolute Gasteiger partial charge is 0.338 e. The summed E-state index contributed by atoms with van der Waals surface area (Å²) in [5, 5.41) is 9.44. The maximum Gasteiger partial charge on any atom is 0.338 e. The first-order valence-electron chi connectivity index (χ1n) is 4.00. The van der Waals surface area contributed by atoms with Crippen LogP contribution in [0.25, 0.3) is 0 Å². The number of cyclic esters (lactones) is 1. The molecule has 68 valence electrons. The molecule has 1 saturated heterocycles. The summed E-state index contributed by atoms with van der Waals surface area (Å²) in [7, 11) is 0. The van der Waals surface area contributed by atoms with E-state index in [4.69, 9.17) is 4.74 Å². The number of ether oxygens (including phenoxy) is 1. The summed E-state index contributed by atoms with van der Waals surface area (Å²) in [4.78, 5) is 11.0. The minimum atomic E-state index is -1.30. The number of allylic oxidation sites excluding steroid dienone is 1. The fourth-order valence-corrected chi connectivity index (χ4v) is 1.25. The third-order valence-corrected chi connectivity index (χ3v) is 1.82. The van der Waals surface area contributed by atoms with E-state index in [9.17, 15) is 9.90 Å². The largest absolute Gasteiger partial charge is 0.456 e. The van der Waals surface area contributed by atoms with Crippen LogP contribution < -0.4 is 0 Å². The summed E-state index contributed by atoms with van der Waals surface area (Å²) >= 11 is 0. The fourth-order valence-electron chi connectivity index (χ4n) is 1.25. The normalized spacial score (nSPS) is 34.7. The van der Waals surface area contributed by atoms with E-state index in [-0.39, 0.29) is 6.10 Å². The van der Waals surface area contributed by atoms with Gasteiger partial charge < -0.3 is 9.84 Å². The van der Waals surface area contributed by atoms with Crippen molar-refractivity contribution in [3.8, 4) is 0 Å². The van der Waals surface area contributed by atoms with Gasteiger partial charge in [-0.15, -0.1) is 0 Å². The molecule has 2 atom stereocenters. The average Bonchev–Trinajstić information content (AvgIpc) is 2.04. The van der Waals surface area contributed by atoms with Crippen molar-refractivity contribution in [2.75, 3.05) is 0 Å². The number of hydrogen-bond acceptors (Lipinski definition) is 3. The van der Waals surface area contributed by atoms with Crippen molar-refractivity contribution in [2.45, 2.75) is 38.9 Å². The summed E-state index contributed by atoms with van der Waals surface area (Å²) in [5.41, 5.74) is -0.207. The number of esters is 1. The highest BCUT2D eigenvalue weighted by molar-refractivity contribution is 5.81. The molecule has 12 heavy (non-hydrogen) atoms. The van der Waals surface area contributed by atoms with Gasteiger partial charge in [-0.1, -0.05) is 5.57 Å². The van der Waals surface area contributed by atoms with Gasteiger partial charge in [-0.2, -0.15) is 0 Å². The van der Waals surface area contributed by atoms with E-state index in [2.05, 4.69) is 0 Å². The van der Waals surface area contributed by atoms with E-state index in [0.717, 1.165) is 5.57 Å². The molecule has 0 aromatic heterocycles. The van der Waals surface area contributed by atoms with Crippen molar-refractivity contribution in [1.29, 1.82) is 0 Å². The number of carbonyl (C=O) groups excluding carboxylic acids is 1. The molecule has 0 aliphatic carbocycles. The second-order valence-electron chi connectivity index (χ2n) is 3.67. The molecular formula is C9H14O3. The Kier molecular flexibility index (Phi) is 2.24. The molecule has 3 nitrogen and oxygen atoms in total. The zero-order chi connectivity index (χ0) is 9.35. The van der Waals surface area contributed by atoms with Crippen LogP contribution in [0.4, 0.5) is 0 Å². The first kappa shape index (κ1) is 9.26. The monoisotopic (exact) mass is 170 g/mol. The van der Waals surface area contributed by atoms with Crippen LogP contribution in [0.1, 0.15) is 27.2 Å². The SMILES string of the molecule is CC(C)=CC1CC(C)(O)C(=O)O1. The summed E-state index contributed by atoms with van der Waals surface area (Å²) < 4.78 is 4.92. The Bertz CT molecular complexity index is 224. The first-order chi connectivity index (χ1) is 5.42. The van der Waals surface area contributed by atoms with E-state index >= 15 is 0 Å². The van der Waals surface area contributed by atoms with Crippen LogP contribution >= 0.6 is 0 Å². The van der Waals surface area contributed by atoms with Gasteiger partial charge in [0.05, 0.1) is 0 Å². The van der Waals surface area contributed by atoms with E-state index in [0.29, 0.717) is 6.42 Å². The second kappa shape index (κ2) is 2.90. The molecule has 0 aromatic carbocycles. The molecule has 1 rings (SSSR count). The lowest BCUT2D eigenvalue weighted by Crippen LogP contribution is -2.29. The van der Waals surface area contributed by atoms with Gasteiger partial charge in [0.15, 0.2) is 5.60 Å². The Balaban J connectivity index is 2.68. The van der Waals surface area contributed by atoms with E-state index in [1.165, 1.54) is 6.92 Å². The van der Waals surface area contributed by atoms with Gasteiger partial charge in [0.1, 0.15) is 6.10 Å². The molecule has 0 saturated carbocycles. The molecule has 1 fully saturated rings. The fraction of sp³-hybridized carbons (Fsp3) is 0.667. The second-order valence-corrected chi connectivity index (χ2v) is 3.67. The molecule has 1 heterocycles. The topological polar surface area (TPSA) is 46.5 Å². The van der Waals surface area contributed by atoms with Crippen LogP contribution in [0.3, 0.4) is 0 Å². The van der Waals surface area contributed by atoms with Crippen LogP contribution in [0.2, 0.25) is 0 Å². The lowest BCUT2D eigenvalue weighted by atomic mass is 10.0. The van der Waals surface area contributed by atoms with Gasteiger partial charge in [0.2, 0.25) is 0 Å². The van der Waals surface area contributed by atoms with Crippen LogP contribution in [0.5, 0.6) is 0 Å². The minimum absolute atomic E-state index is 0.252. The zero-order valence-corrected chi connectivity index (χ0v) is 7.63. The van der Waals surface area contributed by atoms with Crippen molar-refractivity contribution in [1.82, 2.24) is 0 Å². The summed E-state index contributed by atoms with van der Waals surface area (Å²) in [5.74, 6) is -0.523. The molecule has 2 unspecified atom stereocenters. The Hall–Kier alpha value is -0.830. The Morgan fingerprint density at radius 1 is 1.75 bits per heavy atom. The molecule has 1 aliphatic rings. The maximum absolute atomic E-state index is 11.0. The van der Waals surface area contributed by atoms with Crippen molar-refractivity contribution in [3.63, 3.8) is 0 Å². The minimum Gasteiger partial charge on any atom is -0.456 e. The maximum atomic E-state index is 11.0. The van der Waals surface area contributed by atoms with Crippen LogP contribution in [-0.2, 0) is 9.53 Å². The van der Waals surface area contributed by atoms with Gasteiger partial charge in [-0.3, -0.25) is 0 Å². The van der Waals surface area contributed by atoms with E-state index in [1.807, 2.05) is 19.9 Å². The molecule has 1 aliphatic heterocycles. The standard InChI is InChI=1S/C9H14O3/c1-6(2)4-7-5-9(3,11)8(10)12-7/h4,7,11H,5H2,1-3H3. The molecule has 0 amide bonds. The van der Waals surface area contributed by atoms with Gasteiger partial charge >= 0.3 is 5.97 Å². The molecule has 3 heteroatoms. The highest BCUT2D eigenvalue weighted by Gasteiger charge is 2.42. The van der Waals surface area contributed by atoms with Gasteiger partial charge in [0.25, 0.3) is 0 Å². The Morgan fingerprint density at radius 2 is 2.33 bits per heavy atom. The Morgan fingerprint density at radius 3 is 2.67 bits per heavy atom. The van der Waals surface area contributed by atoms with Crippen LogP contribution in [0, 0.1) is 0 Å². The van der Waals surface area contributed by atoms with Crippen molar-refractivity contribution in [2.24, 2.45) is 0 Å². The molecule has 1 N–H and O–H groups in total. The Labute approximate surface area is 72.0 Å². The predicted molar refractivity (Wildman–Crippen MR) is 44.6 cm³/mol. The van der Waals surface area contributed by atoms with Crippen LogP contribution in [0.15, 0.2) is 11.6 Å². The van der Waals surface area contributed by atoms with E-state index < -0.39 is 11.6 Å². The summed E-state index contributed by atoms with van der Waals surface area (Å²) in [6.07, 6.45) is 1.95. The van der Waals surface area contributed by atoms with Crippen LogP contribution in [-0.4, -0.2) is 22.8 Å². The first-order valence-corrected chi connectivity index (χ1v) is 4.00. The lowest BCUT2D eigenvalue weighted by Gasteiger charge is -2.07. The van der Waals surface area contributed by atoms with Gasteiger partial charge in [-0.05, 0) is 26.8 Å². The lowest BCUT2D eigenvalue weighted by molar-refractivity contribution is -0.152.